The van der Waals surface area contributed by atoms with Crippen LogP contribution in [-0.4, -0.2) is 25.6 Å². The molecule has 0 spiro atoms. The van der Waals surface area contributed by atoms with Crippen LogP contribution in [0, 0.1) is 16.0 Å². The highest BCUT2D eigenvalue weighted by Gasteiger charge is 2.51. The highest BCUT2D eigenvalue weighted by molar-refractivity contribution is 6.27. The lowest BCUT2D eigenvalue weighted by Crippen LogP contribution is -2.74. The molecule has 1 aromatic heterocycles. The largest absolute Gasteiger partial charge is 0.417 e. The fourth-order valence-corrected chi connectivity index (χ4v) is 4.71. The standard InChI is InChI=1S/C22H16N4O5/c1-24-20-17(21(28)25(2)22(24)29)15(13-9-5-6-10-14(13)26(30)31)16-18(23-20)11-7-3-4-8-12(11)19(16)27/h3-10,15-16H,1-2H3/p+1. The van der Waals surface area contributed by atoms with Crippen LogP contribution in [0.2, 0.25) is 0 Å². The number of nitro benzene ring substituents is 1. The van der Waals surface area contributed by atoms with Crippen LogP contribution in [0.4, 0.5) is 11.5 Å². The van der Waals surface area contributed by atoms with Gasteiger partial charge < -0.3 is 0 Å². The summed E-state index contributed by atoms with van der Waals surface area (Å²) >= 11 is 0. The minimum absolute atomic E-state index is 0.161. The summed E-state index contributed by atoms with van der Waals surface area (Å²) in [5.41, 5.74) is 0.807. The Morgan fingerprint density at radius 1 is 0.903 bits per heavy atom. The van der Waals surface area contributed by atoms with E-state index in [0.29, 0.717) is 16.8 Å². The van der Waals surface area contributed by atoms with E-state index < -0.39 is 28.0 Å². The second-order valence-electron chi connectivity index (χ2n) is 7.69. The summed E-state index contributed by atoms with van der Waals surface area (Å²) in [6, 6.07) is 13.1. The Morgan fingerprint density at radius 2 is 1.55 bits per heavy atom. The number of benzene rings is 2. The molecule has 9 heteroatoms. The number of hydrogen-bond acceptors (Lipinski definition) is 5. The van der Waals surface area contributed by atoms with E-state index in [-0.39, 0.29) is 28.4 Å². The van der Waals surface area contributed by atoms with Gasteiger partial charge in [-0.25, -0.2) is 14.4 Å². The number of rotatable bonds is 2. The summed E-state index contributed by atoms with van der Waals surface area (Å²) in [5.74, 6) is -1.73. The summed E-state index contributed by atoms with van der Waals surface area (Å²) in [6.07, 6.45) is 0. The van der Waals surface area contributed by atoms with Crippen molar-refractivity contribution in [3.63, 3.8) is 0 Å². The van der Waals surface area contributed by atoms with Crippen molar-refractivity contribution in [2.75, 3.05) is 0 Å². The maximum absolute atomic E-state index is 13.4. The van der Waals surface area contributed by atoms with E-state index in [0.717, 1.165) is 4.57 Å². The van der Waals surface area contributed by atoms with Gasteiger partial charge in [0.1, 0.15) is 11.3 Å². The predicted octanol–water partition coefficient (Wildman–Crippen LogP) is 0.152. The summed E-state index contributed by atoms with van der Waals surface area (Å²) in [7, 11) is 2.87. The van der Waals surface area contributed by atoms with Gasteiger partial charge in [-0.1, -0.05) is 42.5 Å². The second-order valence-corrected chi connectivity index (χ2v) is 7.69. The van der Waals surface area contributed by atoms with Crippen molar-refractivity contribution in [3.05, 3.63) is 102 Å². The molecule has 0 amide bonds. The first-order valence-electron chi connectivity index (χ1n) is 9.63. The molecule has 3 aromatic rings. The molecular weight excluding hydrogens is 400 g/mol. The first-order valence-corrected chi connectivity index (χ1v) is 9.63. The van der Waals surface area contributed by atoms with Crippen LogP contribution in [0.1, 0.15) is 33.0 Å². The van der Waals surface area contributed by atoms with E-state index in [1.807, 2.05) is 0 Å². The highest BCUT2D eigenvalue weighted by atomic mass is 16.6. The van der Waals surface area contributed by atoms with Gasteiger partial charge in [0.2, 0.25) is 0 Å². The molecule has 1 aliphatic carbocycles. The summed E-state index contributed by atoms with van der Waals surface area (Å²) in [4.78, 5) is 53.7. The van der Waals surface area contributed by atoms with E-state index in [4.69, 9.17) is 0 Å². The van der Waals surface area contributed by atoms with Crippen LogP contribution in [0.15, 0.2) is 58.1 Å². The van der Waals surface area contributed by atoms with Gasteiger partial charge in [-0.3, -0.25) is 19.7 Å². The number of nitrogens with zero attached hydrogens (tertiary/aromatic N) is 3. The monoisotopic (exact) mass is 417 g/mol. The molecule has 0 saturated heterocycles. The molecule has 2 atom stereocenters. The van der Waals surface area contributed by atoms with Crippen molar-refractivity contribution in [2.45, 2.75) is 5.92 Å². The molecule has 2 aromatic carbocycles. The number of ketones is 1. The van der Waals surface area contributed by atoms with Gasteiger partial charge in [0, 0.05) is 35.7 Å². The minimum Gasteiger partial charge on any atom is -0.293 e. The zero-order valence-corrected chi connectivity index (χ0v) is 16.7. The molecule has 2 unspecified atom stereocenters. The highest BCUT2D eigenvalue weighted by Crippen LogP contribution is 2.44. The minimum atomic E-state index is -0.918. The number of carbonyl (C=O) groups is 1. The number of Topliss-reactive ketones (excluding diaryl/α,β-unsaturated/α-hetero) is 1. The lowest BCUT2D eigenvalue weighted by molar-refractivity contribution is -0.386. The Labute approximate surface area is 175 Å². The van der Waals surface area contributed by atoms with Crippen molar-refractivity contribution in [2.24, 2.45) is 20.0 Å². The molecule has 1 aliphatic heterocycles. The van der Waals surface area contributed by atoms with Crippen LogP contribution < -0.4 is 16.2 Å². The number of carbonyl (C=O) groups excluding carboxylic acids is 1. The molecule has 0 fully saturated rings. The Kier molecular flexibility index (Phi) is 3.91. The molecule has 154 valence electrons. The van der Waals surface area contributed by atoms with E-state index in [9.17, 15) is 24.5 Å². The number of fused-ring (bicyclic) bond motifs is 4. The first-order chi connectivity index (χ1) is 14.8. The molecule has 2 aliphatic rings. The maximum atomic E-state index is 13.4. The van der Waals surface area contributed by atoms with Crippen molar-refractivity contribution >= 4 is 23.0 Å². The number of nitro groups is 1. The van der Waals surface area contributed by atoms with Gasteiger partial charge in [-0.15, -0.1) is 0 Å². The lowest BCUT2D eigenvalue weighted by Gasteiger charge is -2.26. The molecule has 31 heavy (non-hydrogen) atoms. The molecule has 1 N–H and O–H groups in total. The molecule has 0 bridgehead atoms. The van der Waals surface area contributed by atoms with E-state index in [1.54, 1.807) is 36.4 Å². The smallest absolute Gasteiger partial charge is 0.293 e. The Balaban J connectivity index is 1.94. The van der Waals surface area contributed by atoms with Crippen LogP contribution in [0.25, 0.3) is 0 Å². The number of aromatic nitrogens is 2. The van der Waals surface area contributed by atoms with E-state index in [1.165, 1.54) is 30.8 Å². The Morgan fingerprint density at radius 3 is 2.26 bits per heavy atom. The zero-order valence-electron chi connectivity index (χ0n) is 16.7. The fraction of sp³-hybridized carbons (Fsp3) is 0.182. The van der Waals surface area contributed by atoms with E-state index >= 15 is 0 Å². The molecule has 5 rings (SSSR count). The van der Waals surface area contributed by atoms with Crippen molar-refractivity contribution < 1.29 is 14.7 Å². The van der Waals surface area contributed by atoms with Gasteiger partial charge in [-0.05, 0) is 0 Å². The Bertz CT molecular complexity index is 1460. The van der Waals surface area contributed by atoms with Gasteiger partial charge in [-0.2, -0.15) is 4.57 Å². The average Bonchev–Trinajstić information content (AvgIpc) is 3.07. The van der Waals surface area contributed by atoms with Gasteiger partial charge >= 0.3 is 5.69 Å². The molecule has 2 heterocycles. The SMILES string of the molecule is Cn1c2c(c(=O)n(C)c1=O)C(c1ccccc1[N+](=O)[O-])C1C(=O)c3ccccc3C1=[NH+]2. The van der Waals surface area contributed by atoms with Crippen molar-refractivity contribution in [1.82, 2.24) is 9.13 Å². The number of hydrogen-bond donors (Lipinski definition) is 1. The van der Waals surface area contributed by atoms with Crippen LogP contribution >= 0.6 is 0 Å². The van der Waals surface area contributed by atoms with Gasteiger partial charge in [0.05, 0.1) is 17.9 Å². The Hall–Kier alpha value is -4.14. The van der Waals surface area contributed by atoms with Gasteiger partial charge in [0.15, 0.2) is 5.78 Å². The topological polar surface area (TPSA) is 118 Å². The predicted molar refractivity (Wildman–Crippen MR) is 111 cm³/mol. The van der Waals surface area contributed by atoms with Crippen molar-refractivity contribution in [1.29, 1.82) is 0 Å². The van der Waals surface area contributed by atoms with Crippen LogP contribution in [-0.2, 0) is 14.1 Å². The molecule has 0 saturated carbocycles. The summed E-state index contributed by atoms with van der Waals surface area (Å²) in [5, 5.41) is 11.8. The molecular formula is C22H17N4O5+. The zero-order chi connectivity index (χ0) is 22.0. The van der Waals surface area contributed by atoms with E-state index in [2.05, 4.69) is 4.99 Å². The average molecular weight is 417 g/mol. The fourth-order valence-electron chi connectivity index (χ4n) is 4.71. The van der Waals surface area contributed by atoms with Crippen molar-refractivity contribution in [3.8, 4) is 0 Å². The first kappa shape index (κ1) is 18.9. The van der Waals surface area contributed by atoms with Gasteiger partial charge in [0.25, 0.3) is 17.1 Å². The number of para-hydroxylation sites is 1. The third kappa shape index (κ3) is 2.43. The normalized spacial score (nSPS) is 18.8. The lowest BCUT2D eigenvalue weighted by atomic mass is 9.76. The molecule has 9 nitrogen and oxygen atoms in total. The molecule has 0 radical (unpaired) electrons. The van der Waals surface area contributed by atoms with Crippen LogP contribution in [0.3, 0.4) is 0 Å². The van der Waals surface area contributed by atoms with Crippen LogP contribution in [0.5, 0.6) is 0 Å². The maximum Gasteiger partial charge on any atom is 0.417 e. The summed E-state index contributed by atoms with van der Waals surface area (Å²) < 4.78 is 2.26. The number of nitrogens with one attached hydrogen (secondary N) is 1. The second kappa shape index (κ2) is 6.43. The third-order valence-corrected chi connectivity index (χ3v) is 6.14. The quantitative estimate of drug-likeness (QED) is 0.470. The third-order valence-electron chi connectivity index (χ3n) is 6.14. The summed E-state index contributed by atoms with van der Waals surface area (Å²) in [6.45, 7) is 0.